The predicted octanol–water partition coefficient (Wildman–Crippen LogP) is 10.3. The zero-order chi connectivity index (χ0) is 29.2. The van der Waals surface area contributed by atoms with Crippen LogP contribution in [0.15, 0.2) is 89.3 Å². The third kappa shape index (κ3) is 5.34. The van der Waals surface area contributed by atoms with Gasteiger partial charge in [-0.25, -0.2) is 0 Å². The minimum atomic E-state index is -0.181. The summed E-state index contributed by atoms with van der Waals surface area (Å²) in [5.74, 6) is 1.04. The van der Waals surface area contributed by atoms with E-state index in [0.717, 1.165) is 61.0 Å². The van der Waals surface area contributed by atoms with E-state index < -0.39 is 0 Å². The summed E-state index contributed by atoms with van der Waals surface area (Å²) in [4.78, 5) is 10.00. The first-order valence-electron chi connectivity index (χ1n) is 14.3. The monoisotopic (exact) mass is 743 g/mol. The third-order valence-electron chi connectivity index (χ3n) is 7.83. The van der Waals surface area contributed by atoms with Gasteiger partial charge in [0.1, 0.15) is 5.58 Å². The van der Waals surface area contributed by atoms with Gasteiger partial charge in [-0.2, -0.15) is 0 Å². The van der Waals surface area contributed by atoms with Crippen LogP contribution in [0.2, 0.25) is 0 Å². The van der Waals surface area contributed by atoms with Crippen LogP contribution in [-0.2, 0) is 31.9 Å². The molecule has 216 valence electrons. The molecule has 3 aromatic heterocycles. The number of nitrogens with zero attached hydrogens (tertiary/aromatic N) is 2. The molecule has 7 aromatic rings. The average molecular weight is 744 g/mol. The number of pyridine rings is 2. The summed E-state index contributed by atoms with van der Waals surface area (Å²) in [7, 11) is 0. The Morgan fingerprint density at radius 1 is 0.698 bits per heavy atom. The molecule has 7 rings (SSSR count). The molecule has 0 spiro atoms. The van der Waals surface area contributed by atoms with Crippen molar-refractivity contribution in [2.45, 2.75) is 52.4 Å². The molecular formula is C38H32N2O2Pt. The number of furan rings is 1. The van der Waals surface area contributed by atoms with Gasteiger partial charge in [-0.15, -0.1) is 47.5 Å². The molecule has 0 aliphatic heterocycles. The fourth-order valence-corrected chi connectivity index (χ4v) is 5.53. The van der Waals surface area contributed by atoms with Gasteiger partial charge in [-0.1, -0.05) is 95.5 Å². The van der Waals surface area contributed by atoms with Crippen molar-refractivity contribution in [1.29, 1.82) is 0 Å². The Morgan fingerprint density at radius 3 is 2.26 bits per heavy atom. The molecule has 0 radical (unpaired) electrons. The minimum Gasteiger partial charge on any atom is -0.476 e. The molecule has 4 aromatic carbocycles. The van der Waals surface area contributed by atoms with Crippen LogP contribution < -0.4 is 4.74 Å². The molecule has 0 saturated heterocycles. The normalized spacial score (nSPS) is 12.2. The summed E-state index contributed by atoms with van der Waals surface area (Å²) in [6.07, 6.45) is 0. The summed E-state index contributed by atoms with van der Waals surface area (Å²) in [5, 5.41) is 4.51. The standard InChI is InChI=1S/C38H32N2O2.Pt/c1-37(2,3)27-21-30(26-19-25-16-15-24-13-10-14-31-34(24)35(25)32(20-26)41-31)39-33(22-27)42-36-28(38(4,5)6)17-18-29(40-36)23-11-8-7-9-12-23;/h7-11,13-19,21-22H,1-6H3;/q-2;+2. The first kappa shape index (κ1) is 29.1. The fraction of sp³-hybridized carbons (Fsp3) is 0.211. The molecule has 0 bridgehead atoms. The first-order valence-corrected chi connectivity index (χ1v) is 14.3. The maximum Gasteiger partial charge on any atom is 2.00 e. The van der Waals surface area contributed by atoms with Crippen LogP contribution in [0.4, 0.5) is 0 Å². The Kier molecular flexibility index (Phi) is 7.17. The quantitative estimate of drug-likeness (QED) is 0.133. The van der Waals surface area contributed by atoms with Crippen LogP contribution in [0.5, 0.6) is 11.8 Å². The SMILES string of the molecule is CC(C)(C)c1cc(Oc2nc(-c3[c-]cccc3)ccc2C(C)(C)C)nc(-c2[c-]c3oc4cccc5ccc(c2)c3c54)c1.[Pt+2]. The molecule has 0 saturated carbocycles. The fourth-order valence-electron chi connectivity index (χ4n) is 5.53. The van der Waals surface area contributed by atoms with E-state index in [2.05, 4.69) is 90.1 Å². The molecule has 0 unspecified atom stereocenters. The molecule has 0 aliphatic carbocycles. The number of benzene rings is 4. The molecular weight excluding hydrogens is 712 g/mol. The van der Waals surface area contributed by atoms with Gasteiger partial charge in [-0.3, -0.25) is 9.97 Å². The molecule has 0 aliphatic rings. The van der Waals surface area contributed by atoms with Gasteiger partial charge < -0.3 is 9.15 Å². The van der Waals surface area contributed by atoms with Gasteiger partial charge in [0, 0.05) is 11.6 Å². The van der Waals surface area contributed by atoms with Gasteiger partial charge in [0.05, 0.1) is 5.58 Å². The number of rotatable bonds is 4. The second kappa shape index (κ2) is 10.6. The third-order valence-corrected chi connectivity index (χ3v) is 7.83. The smallest absolute Gasteiger partial charge is 0.476 e. The zero-order valence-corrected chi connectivity index (χ0v) is 27.4. The van der Waals surface area contributed by atoms with E-state index in [9.17, 15) is 0 Å². The van der Waals surface area contributed by atoms with Crippen LogP contribution in [0.25, 0.3) is 55.2 Å². The maximum absolute atomic E-state index is 6.61. The Hall–Kier alpha value is -4.01. The van der Waals surface area contributed by atoms with Crippen molar-refractivity contribution in [2.75, 3.05) is 0 Å². The zero-order valence-electron chi connectivity index (χ0n) is 25.1. The molecule has 3 heterocycles. The summed E-state index contributed by atoms with van der Waals surface area (Å²) in [5.41, 5.74) is 6.77. The van der Waals surface area contributed by atoms with Crippen molar-refractivity contribution in [3.05, 3.63) is 108 Å². The van der Waals surface area contributed by atoms with Gasteiger partial charge in [-0.05, 0) is 50.0 Å². The summed E-state index contributed by atoms with van der Waals surface area (Å²) in [6, 6.07) is 35.5. The van der Waals surface area contributed by atoms with Gasteiger partial charge in [0.25, 0.3) is 0 Å². The van der Waals surface area contributed by atoms with E-state index in [4.69, 9.17) is 19.1 Å². The largest absolute Gasteiger partial charge is 2.00 e. The number of hydrogen-bond donors (Lipinski definition) is 0. The minimum absolute atomic E-state index is 0. The van der Waals surface area contributed by atoms with Crippen LogP contribution in [0, 0.1) is 12.1 Å². The van der Waals surface area contributed by atoms with Crippen LogP contribution >= 0.6 is 0 Å². The number of aromatic nitrogens is 2. The van der Waals surface area contributed by atoms with Crippen molar-refractivity contribution in [3.8, 4) is 34.3 Å². The molecule has 0 fully saturated rings. The second-order valence-corrected chi connectivity index (χ2v) is 13.0. The van der Waals surface area contributed by atoms with E-state index in [-0.39, 0.29) is 31.9 Å². The number of hydrogen-bond acceptors (Lipinski definition) is 4. The molecule has 0 amide bonds. The van der Waals surface area contributed by atoms with E-state index in [0.29, 0.717) is 11.8 Å². The van der Waals surface area contributed by atoms with E-state index in [1.165, 1.54) is 5.39 Å². The summed E-state index contributed by atoms with van der Waals surface area (Å²) >= 11 is 0. The molecule has 5 heteroatoms. The van der Waals surface area contributed by atoms with Crippen molar-refractivity contribution in [1.82, 2.24) is 9.97 Å². The van der Waals surface area contributed by atoms with Crippen LogP contribution in [0.3, 0.4) is 0 Å². The molecule has 43 heavy (non-hydrogen) atoms. The second-order valence-electron chi connectivity index (χ2n) is 13.0. The first-order chi connectivity index (χ1) is 20.0. The van der Waals surface area contributed by atoms with Gasteiger partial charge >= 0.3 is 21.1 Å². The van der Waals surface area contributed by atoms with Crippen molar-refractivity contribution < 1.29 is 30.2 Å². The van der Waals surface area contributed by atoms with E-state index in [1.807, 2.05) is 48.5 Å². The van der Waals surface area contributed by atoms with Gasteiger partial charge in [0.2, 0.25) is 11.8 Å². The molecule has 0 atom stereocenters. The summed E-state index contributed by atoms with van der Waals surface area (Å²) < 4.78 is 12.9. The Morgan fingerprint density at radius 2 is 1.51 bits per heavy atom. The van der Waals surface area contributed by atoms with E-state index in [1.54, 1.807) is 0 Å². The Labute approximate surface area is 266 Å². The van der Waals surface area contributed by atoms with Crippen LogP contribution in [0.1, 0.15) is 52.7 Å². The van der Waals surface area contributed by atoms with Crippen molar-refractivity contribution in [3.63, 3.8) is 0 Å². The summed E-state index contributed by atoms with van der Waals surface area (Å²) in [6.45, 7) is 13.1. The molecule has 4 nitrogen and oxygen atoms in total. The van der Waals surface area contributed by atoms with Crippen LogP contribution in [-0.4, -0.2) is 9.97 Å². The number of ether oxygens (including phenoxy) is 1. The maximum atomic E-state index is 6.61. The Bertz CT molecular complexity index is 2080. The van der Waals surface area contributed by atoms with Crippen molar-refractivity contribution >= 4 is 32.7 Å². The topological polar surface area (TPSA) is 48.2 Å². The average Bonchev–Trinajstić information content (AvgIpc) is 3.35. The predicted molar refractivity (Wildman–Crippen MR) is 170 cm³/mol. The van der Waals surface area contributed by atoms with E-state index >= 15 is 0 Å². The molecule has 0 N–H and O–H groups in total. The Balaban J connectivity index is 0.00000329. The van der Waals surface area contributed by atoms with Gasteiger partial charge in [0.15, 0.2) is 0 Å². The van der Waals surface area contributed by atoms with Crippen molar-refractivity contribution in [2.24, 2.45) is 0 Å².